The molecule has 0 atom stereocenters. The van der Waals surface area contributed by atoms with Gasteiger partial charge < -0.3 is 15.5 Å². The van der Waals surface area contributed by atoms with Gasteiger partial charge in [-0.3, -0.25) is 15.0 Å². The van der Waals surface area contributed by atoms with Gasteiger partial charge in [0, 0.05) is 29.9 Å². The number of rotatable bonds is 5. The molecule has 4 rings (SSSR count). The minimum atomic E-state index is -0.415. The summed E-state index contributed by atoms with van der Waals surface area (Å²) in [6.45, 7) is 1.77. The number of carbonyl (C=O) groups is 2. The molecule has 0 aliphatic carbocycles. The van der Waals surface area contributed by atoms with Crippen LogP contribution in [-0.4, -0.2) is 35.6 Å². The number of nitrogens with one attached hydrogen (secondary N) is 3. The average molecular weight is 430 g/mol. The van der Waals surface area contributed by atoms with Crippen molar-refractivity contribution in [2.24, 2.45) is 0 Å². The van der Waals surface area contributed by atoms with Gasteiger partial charge in [-0.2, -0.15) is 0 Å². The summed E-state index contributed by atoms with van der Waals surface area (Å²) in [7, 11) is 0. The fraction of sp³-hybridized carbons (Fsp3) is 0.160. The maximum atomic E-state index is 13.1. The van der Waals surface area contributed by atoms with E-state index in [1.807, 2.05) is 4.90 Å². The molecule has 3 aromatic rings. The van der Waals surface area contributed by atoms with Crippen molar-refractivity contribution in [2.75, 3.05) is 23.7 Å². The molecular formula is C25H23FN4O2. The van der Waals surface area contributed by atoms with E-state index in [4.69, 9.17) is 5.41 Å². The highest BCUT2D eigenvalue weighted by Crippen LogP contribution is 2.19. The first-order chi connectivity index (χ1) is 15.5. The zero-order chi connectivity index (χ0) is 22.5. The van der Waals surface area contributed by atoms with E-state index in [0.29, 0.717) is 22.8 Å². The van der Waals surface area contributed by atoms with Gasteiger partial charge in [-0.1, -0.05) is 24.3 Å². The number of amides is 2. The Morgan fingerprint density at radius 3 is 2.09 bits per heavy atom. The van der Waals surface area contributed by atoms with Crippen molar-refractivity contribution in [1.82, 2.24) is 4.90 Å². The Kier molecular flexibility index (Phi) is 6.26. The minimum absolute atomic E-state index is 0.289. The molecule has 32 heavy (non-hydrogen) atoms. The number of hydrogen-bond acceptors (Lipinski definition) is 3. The van der Waals surface area contributed by atoms with Gasteiger partial charge in [0.2, 0.25) is 0 Å². The molecule has 0 radical (unpaired) electrons. The molecule has 0 aromatic heterocycles. The predicted octanol–water partition coefficient (Wildman–Crippen LogP) is 4.75. The first-order valence-corrected chi connectivity index (χ1v) is 10.4. The smallest absolute Gasteiger partial charge is 0.257 e. The van der Waals surface area contributed by atoms with Gasteiger partial charge in [-0.05, 0) is 61.4 Å². The third-order valence-corrected chi connectivity index (χ3v) is 5.36. The molecule has 0 spiro atoms. The van der Waals surface area contributed by atoms with E-state index in [9.17, 15) is 14.0 Å². The third kappa shape index (κ3) is 4.83. The van der Waals surface area contributed by atoms with Crippen LogP contribution >= 0.6 is 0 Å². The van der Waals surface area contributed by atoms with E-state index in [2.05, 4.69) is 10.6 Å². The van der Waals surface area contributed by atoms with E-state index in [-0.39, 0.29) is 11.5 Å². The van der Waals surface area contributed by atoms with Crippen LogP contribution in [-0.2, 0) is 0 Å². The zero-order valence-corrected chi connectivity index (χ0v) is 17.4. The van der Waals surface area contributed by atoms with E-state index >= 15 is 0 Å². The predicted molar refractivity (Wildman–Crippen MR) is 123 cm³/mol. The molecule has 7 heteroatoms. The molecule has 3 N–H and O–H groups in total. The van der Waals surface area contributed by atoms with Crippen molar-refractivity contribution in [2.45, 2.75) is 12.8 Å². The summed E-state index contributed by atoms with van der Waals surface area (Å²) in [5.74, 6) is -0.692. The van der Waals surface area contributed by atoms with Crippen molar-refractivity contribution >= 4 is 29.0 Å². The number of benzene rings is 3. The topological polar surface area (TPSA) is 85.3 Å². The molecule has 6 nitrogen and oxygen atoms in total. The number of likely N-dealkylation sites (tertiary alicyclic amines) is 1. The van der Waals surface area contributed by atoms with Crippen LogP contribution in [0.25, 0.3) is 0 Å². The lowest BCUT2D eigenvalue weighted by molar-refractivity contribution is 0.102. The van der Waals surface area contributed by atoms with Gasteiger partial charge in [0.25, 0.3) is 11.8 Å². The lowest BCUT2D eigenvalue weighted by Gasteiger charge is -2.18. The number of carbonyl (C=O) groups excluding carboxylic acids is 2. The van der Waals surface area contributed by atoms with E-state index in [0.717, 1.165) is 31.5 Å². The maximum absolute atomic E-state index is 13.1. The molecule has 1 heterocycles. The molecule has 1 fully saturated rings. The highest BCUT2D eigenvalue weighted by atomic mass is 19.1. The number of amidine groups is 1. The third-order valence-electron chi connectivity index (χ3n) is 5.36. The second-order valence-electron chi connectivity index (χ2n) is 7.58. The molecule has 0 unspecified atom stereocenters. The van der Waals surface area contributed by atoms with Gasteiger partial charge in [-0.25, -0.2) is 4.39 Å². The number of hydrogen-bond donors (Lipinski definition) is 3. The Hall–Kier alpha value is -4.00. The van der Waals surface area contributed by atoms with E-state index in [1.54, 1.807) is 48.5 Å². The second-order valence-corrected chi connectivity index (χ2v) is 7.58. The Bertz CT molecular complexity index is 1140. The normalized spacial score (nSPS) is 13.0. The van der Waals surface area contributed by atoms with Crippen LogP contribution in [0.4, 0.5) is 15.8 Å². The number of anilines is 2. The summed E-state index contributed by atoms with van der Waals surface area (Å²) in [6.07, 6.45) is 2.19. The Morgan fingerprint density at radius 2 is 1.41 bits per heavy atom. The van der Waals surface area contributed by atoms with Crippen LogP contribution in [0, 0.1) is 11.2 Å². The zero-order valence-electron chi connectivity index (χ0n) is 17.4. The summed E-state index contributed by atoms with van der Waals surface area (Å²) in [5.41, 5.74) is 2.30. The SMILES string of the molecule is N=C(c1ccc(C(=O)Nc2ccccc2C(=O)Nc2ccc(F)cc2)cc1)N1CCCC1. The summed E-state index contributed by atoms with van der Waals surface area (Å²) in [5, 5.41) is 13.8. The monoisotopic (exact) mass is 430 g/mol. The summed E-state index contributed by atoms with van der Waals surface area (Å²) in [6, 6.07) is 19.0. The van der Waals surface area contributed by atoms with Gasteiger partial charge in [-0.15, -0.1) is 0 Å². The molecule has 1 aliphatic rings. The highest BCUT2D eigenvalue weighted by molar-refractivity contribution is 6.12. The van der Waals surface area contributed by atoms with Gasteiger partial charge in [0.15, 0.2) is 0 Å². The Morgan fingerprint density at radius 1 is 0.781 bits per heavy atom. The lowest BCUT2D eigenvalue weighted by atomic mass is 10.1. The maximum Gasteiger partial charge on any atom is 0.257 e. The molecule has 1 saturated heterocycles. The van der Waals surface area contributed by atoms with Crippen molar-refractivity contribution < 1.29 is 14.0 Å². The van der Waals surface area contributed by atoms with Gasteiger partial charge in [0.1, 0.15) is 11.7 Å². The molecule has 1 aliphatic heterocycles. The number of nitrogens with zero attached hydrogens (tertiary/aromatic N) is 1. The van der Waals surface area contributed by atoms with Crippen molar-refractivity contribution in [3.05, 3.63) is 95.3 Å². The molecule has 2 amide bonds. The largest absolute Gasteiger partial charge is 0.357 e. The van der Waals surface area contributed by atoms with Crippen molar-refractivity contribution in [3.8, 4) is 0 Å². The van der Waals surface area contributed by atoms with Crippen LogP contribution in [0.2, 0.25) is 0 Å². The molecule has 162 valence electrons. The van der Waals surface area contributed by atoms with E-state index in [1.165, 1.54) is 24.3 Å². The minimum Gasteiger partial charge on any atom is -0.357 e. The van der Waals surface area contributed by atoms with Gasteiger partial charge >= 0.3 is 0 Å². The van der Waals surface area contributed by atoms with Crippen LogP contribution in [0.5, 0.6) is 0 Å². The Labute approximate surface area is 185 Å². The standard InChI is InChI=1S/C25H23FN4O2/c26-19-11-13-20(14-12-19)28-25(32)21-5-1-2-6-22(21)29-24(31)18-9-7-17(8-10-18)23(27)30-15-3-4-16-30/h1-2,5-14,27H,3-4,15-16H2,(H,28,32)(H,29,31). The van der Waals surface area contributed by atoms with Crippen LogP contribution < -0.4 is 10.6 Å². The van der Waals surface area contributed by atoms with Crippen LogP contribution in [0.3, 0.4) is 0 Å². The Balaban J connectivity index is 1.46. The molecule has 0 bridgehead atoms. The fourth-order valence-electron chi connectivity index (χ4n) is 3.62. The first-order valence-electron chi connectivity index (χ1n) is 10.4. The molecular weight excluding hydrogens is 407 g/mol. The quantitative estimate of drug-likeness (QED) is 0.403. The summed E-state index contributed by atoms with van der Waals surface area (Å²) in [4.78, 5) is 27.5. The first kappa shape index (κ1) is 21.2. The van der Waals surface area contributed by atoms with Crippen LogP contribution in [0.15, 0.2) is 72.8 Å². The second kappa shape index (κ2) is 9.43. The molecule has 3 aromatic carbocycles. The highest BCUT2D eigenvalue weighted by Gasteiger charge is 2.18. The van der Waals surface area contributed by atoms with E-state index < -0.39 is 11.7 Å². The molecule has 0 saturated carbocycles. The van der Waals surface area contributed by atoms with Gasteiger partial charge in [0.05, 0.1) is 11.3 Å². The number of para-hydroxylation sites is 1. The lowest BCUT2D eigenvalue weighted by Crippen LogP contribution is -2.27. The average Bonchev–Trinajstić information content (AvgIpc) is 3.35. The van der Waals surface area contributed by atoms with Crippen molar-refractivity contribution in [3.63, 3.8) is 0 Å². The summed E-state index contributed by atoms with van der Waals surface area (Å²) < 4.78 is 13.1. The summed E-state index contributed by atoms with van der Waals surface area (Å²) >= 11 is 0. The van der Waals surface area contributed by atoms with Crippen LogP contribution in [0.1, 0.15) is 39.1 Å². The fourth-order valence-corrected chi connectivity index (χ4v) is 3.62. The number of halogens is 1. The van der Waals surface area contributed by atoms with Crippen molar-refractivity contribution in [1.29, 1.82) is 5.41 Å².